The van der Waals surface area contributed by atoms with Crippen LogP contribution in [0.1, 0.15) is 126 Å². The summed E-state index contributed by atoms with van der Waals surface area (Å²) in [4.78, 5) is 56.0. The van der Waals surface area contributed by atoms with Crippen LogP contribution in [0.4, 0.5) is 4.79 Å². The zero-order valence-electron chi connectivity index (χ0n) is 26.5. The Labute approximate surface area is 246 Å². The number of amides is 2. The molecular weight excluding hydrogens is 526 g/mol. The smallest absolute Gasteiger partial charge is 0.408 e. The van der Waals surface area contributed by atoms with Crippen molar-refractivity contribution in [3.63, 3.8) is 0 Å². The molecule has 236 valence electrons. The van der Waals surface area contributed by atoms with Gasteiger partial charge in [-0.05, 0) is 93.0 Å². The third-order valence-electron chi connectivity index (χ3n) is 7.61. The van der Waals surface area contributed by atoms with Crippen LogP contribution in [0.2, 0.25) is 0 Å². The quantitative estimate of drug-likeness (QED) is 0.166. The number of rotatable bonds is 14. The molecule has 0 aliphatic carbocycles. The fraction of sp³-hybridized carbons (Fsp3) is 0.871. The molecule has 3 N–H and O–H groups in total. The number of hydrogen-bond donors (Lipinski definition) is 2. The van der Waals surface area contributed by atoms with E-state index < -0.39 is 52.6 Å². The third kappa shape index (κ3) is 10.5. The van der Waals surface area contributed by atoms with E-state index in [1.54, 1.807) is 41.5 Å². The van der Waals surface area contributed by atoms with E-state index in [2.05, 4.69) is 12.2 Å². The predicted molar refractivity (Wildman–Crippen MR) is 157 cm³/mol. The second-order valence-electron chi connectivity index (χ2n) is 13.6. The van der Waals surface area contributed by atoms with E-state index in [4.69, 9.17) is 19.9 Å². The van der Waals surface area contributed by atoms with E-state index in [1.807, 2.05) is 0 Å². The van der Waals surface area contributed by atoms with Crippen LogP contribution in [0.15, 0.2) is 0 Å². The standard InChI is InChI=1S/C31H55N3O7/c1-8-9-10-11-12-16-22-21-23(25(35)39-22)31(18-13-14-19-32,33-28(38)41-30(5,6)7)27(37)34-20-15-17-24(34)26(36)40-29(2,3)4/h22-24H,8-21,32H2,1-7H3,(H,33,38)/t22?,23?,24-,31+/m0/s1. The van der Waals surface area contributed by atoms with Crippen molar-refractivity contribution in [2.45, 2.75) is 154 Å². The van der Waals surface area contributed by atoms with Crippen molar-refractivity contribution in [1.82, 2.24) is 10.2 Å². The van der Waals surface area contributed by atoms with Gasteiger partial charge in [-0.1, -0.05) is 32.6 Å². The zero-order valence-corrected chi connectivity index (χ0v) is 26.5. The summed E-state index contributed by atoms with van der Waals surface area (Å²) in [6.07, 6.45) is 7.61. The molecule has 2 amide bonds. The van der Waals surface area contributed by atoms with Crippen molar-refractivity contribution in [1.29, 1.82) is 0 Å². The van der Waals surface area contributed by atoms with Gasteiger partial charge in [0.15, 0.2) is 0 Å². The number of hydrogen-bond acceptors (Lipinski definition) is 8. The van der Waals surface area contributed by atoms with Crippen LogP contribution in [0, 0.1) is 5.92 Å². The number of carbonyl (C=O) groups is 4. The van der Waals surface area contributed by atoms with E-state index in [-0.39, 0.29) is 12.5 Å². The Balaban J connectivity index is 2.45. The summed E-state index contributed by atoms with van der Waals surface area (Å²) in [5, 5.41) is 2.86. The number of nitrogens with zero attached hydrogens (tertiary/aromatic N) is 1. The van der Waals surface area contributed by atoms with Crippen molar-refractivity contribution in [3.8, 4) is 0 Å². The molecule has 0 saturated carbocycles. The van der Waals surface area contributed by atoms with Gasteiger partial charge in [-0.3, -0.25) is 9.59 Å². The molecule has 0 bridgehead atoms. The molecule has 10 nitrogen and oxygen atoms in total. The minimum atomic E-state index is -1.64. The summed E-state index contributed by atoms with van der Waals surface area (Å²) in [5.41, 5.74) is 2.61. The number of cyclic esters (lactones) is 1. The molecule has 0 aromatic rings. The summed E-state index contributed by atoms with van der Waals surface area (Å²) in [5.74, 6) is -2.38. The number of esters is 2. The Morgan fingerprint density at radius 3 is 2.24 bits per heavy atom. The van der Waals surface area contributed by atoms with E-state index in [0.29, 0.717) is 51.6 Å². The molecular formula is C31H55N3O7. The van der Waals surface area contributed by atoms with Gasteiger partial charge in [0.2, 0.25) is 5.91 Å². The Bertz CT molecular complexity index is 895. The molecule has 0 aromatic heterocycles. The summed E-state index contributed by atoms with van der Waals surface area (Å²) >= 11 is 0. The Morgan fingerprint density at radius 2 is 1.63 bits per heavy atom. The van der Waals surface area contributed by atoms with E-state index in [9.17, 15) is 19.2 Å². The van der Waals surface area contributed by atoms with Crippen LogP contribution in [0.5, 0.6) is 0 Å². The first-order valence-corrected chi connectivity index (χ1v) is 15.6. The van der Waals surface area contributed by atoms with Gasteiger partial charge in [0, 0.05) is 13.0 Å². The van der Waals surface area contributed by atoms with Gasteiger partial charge in [0.05, 0.1) is 5.92 Å². The molecule has 2 fully saturated rings. The van der Waals surface area contributed by atoms with Crippen molar-refractivity contribution in [3.05, 3.63) is 0 Å². The fourth-order valence-corrected chi connectivity index (χ4v) is 5.76. The number of alkyl carbamates (subject to hydrolysis) is 1. The molecule has 0 spiro atoms. The first kappa shape index (κ1) is 34.8. The SMILES string of the molecule is CCCCCCCC1CC([C@@](CCCCN)(NC(=O)OC(C)(C)C)C(=O)N2CCC[C@H]2C(=O)OC(C)(C)C)C(=O)O1. The summed E-state index contributed by atoms with van der Waals surface area (Å²) in [7, 11) is 0. The predicted octanol–water partition coefficient (Wildman–Crippen LogP) is 5.00. The minimum Gasteiger partial charge on any atom is -0.462 e. The lowest BCUT2D eigenvalue weighted by Crippen LogP contribution is -2.66. The highest BCUT2D eigenvalue weighted by Crippen LogP contribution is 2.39. The number of nitrogens with two attached hydrogens (primary N) is 1. The van der Waals surface area contributed by atoms with Gasteiger partial charge in [-0.25, -0.2) is 9.59 Å². The molecule has 41 heavy (non-hydrogen) atoms. The maximum absolute atomic E-state index is 14.6. The lowest BCUT2D eigenvalue weighted by Gasteiger charge is -2.41. The summed E-state index contributed by atoms with van der Waals surface area (Å²) < 4.78 is 17.0. The maximum atomic E-state index is 14.6. The number of carbonyl (C=O) groups excluding carboxylic acids is 4. The summed E-state index contributed by atoms with van der Waals surface area (Å²) in [6.45, 7) is 13.4. The Kier molecular flexibility index (Phi) is 12.9. The number of likely N-dealkylation sites (tertiary alicyclic amines) is 1. The van der Waals surface area contributed by atoms with Gasteiger partial charge in [0.1, 0.15) is 28.9 Å². The number of nitrogens with one attached hydrogen (secondary N) is 1. The second-order valence-corrected chi connectivity index (χ2v) is 13.6. The first-order chi connectivity index (χ1) is 19.1. The molecule has 2 heterocycles. The van der Waals surface area contributed by atoms with Crippen molar-refractivity contribution >= 4 is 23.9 Å². The lowest BCUT2D eigenvalue weighted by molar-refractivity contribution is -0.165. The highest BCUT2D eigenvalue weighted by Gasteiger charge is 2.58. The van der Waals surface area contributed by atoms with Crippen LogP contribution in [-0.4, -0.2) is 70.8 Å². The van der Waals surface area contributed by atoms with Crippen LogP contribution >= 0.6 is 0 Å². The van der Waals surface area contributed by atoms with Crippen molar-refractivity contribution in [2.75, 3.05) is 13.1 Å². The highest BCUT2D eigenvalue weighted by atomic mass is 16.6. The first-order valence-electron chi connectivity index (χ1n) is 15.6. The topological polar surface area (TPSA) is 137 Å². The molecule has 10 heteroatoms. The van der Waals surface area contributed by atoms with Gasteiger partial charge in [-0.2, -0.15) is 0 Å². The molecule has 2 aliphatic heterocycles. The van der Waals surface area contributed by atoms with Crippen LogP contribution in [-0.2, 0) is 28.6 Å². The lowest BCUT2D eigenvalue weighted by atomic mass is 9.76. The van der Waals surface area contributed by atoms with E-state index >= 15 is 0 Å². The van der Waals surface area contributed by atoms with Gasteiger partial charge in [-0.15, -0.1) is 0 Å². The summed E-state index contributed by atoms with van der Waals surface area (Å²) in [6, 6.07) is -0.803. The molecule has 4 atom stereocenters. The van der Waals surface area contributed by atoms with Crippen LogP contribution < -0.4 is 11.1 Å². The maximum Gasteiger partial charge on any atom is 0.408 e. The average molecular weight is 582 g/mol. The van der Waals surface area contributed by atoms with Crippen molar-refractivity contribution in [2.24, 2.45) is 11.7 Å². The average Bonchev–Trinajstić information content (AvgIpc) is 3.48. The second kappa shape index (κ2) is 15.2. The van der Waals surface area contributed by atoms with Crippen LogP contribution in [0.3, 0.4) is 0 Å². The van der Waals surface area contributed by atoms with Crippen molar-refractivity contribution < 1.29 is 33.4 Å². The fourth-order valence-electron chi connectivity index (χ4n) is 5.76. The van der Waals surface area contributed by atoms with E-state index in [0.717, 1.165) is 25.7 Å². The minimum absolute atomic E-state index is 0.169. The zero-order chi connectivity index (χ0) is 30.8. The Hall–Kier alpha value is -2.36. The van der Waals surface area contributed by atoms with Gasteiger partial charge >= 0.3 is 18.0 Å². The van der Waals surface area contributed by atoms with Crippen LogP contribution in [0.25, 0.3) is 0 Å². The Morgan fingerprint density at radius 1 is 0.976 bits per heavy atom. The molecule has 2 unspecified atom stereocenters. The monoisotopic (exact) mass is 581 g/mol. The highest BCUT2D eigenvalue weighted by molar-refractivity contribution is 5.98. The van der Waals surface area contributed by atoms with Gasteiger partial charge in [0.25, 0.3) is 0 Å². The molecule has 2 saturated heterocycles. The number of ether oxygens (including phenoxy) is 3. The largest absolute Gasteiger partial charge is 0.462 e. The molecule has 2 aliphatic rings. The van der Waals surface area contributed by atoms with Gasteiger partial charge < -0.3 is 30.2 Å². The number of unbranched alkanes of at least 4 members (excludes halogenated alkanes) is 5. The third-order valence-corrected chi connectivity index (χ3v) is 7.61. The normalized spacial score (nSPS) is 22.7. The molecule has 2 rings (SSSR count). The molecule has 0 aromatic carbocycles. The molecule has 0 radical (unpaired) electrons. The van der Waals surface area contributed by atoms with E-state index in [1.165, 1.54) is 11.3 Å².